The van der Waals surface area contributed by atoms with E-state index in [1.807, 2.05) is 0 Å². The van der Waals surface area contributed by atoms with Crippen molar-refractivity contribution in [1.82, 2.24) is 5.32 Å². The highest BCUT2D eigenvalue weighted by atomic mass is 16.5. The van der Waals surface area contributed by atoms with Crippen molar-refractivity contribution < 1.29 is 14.6 Å². The molecule has 88 valence electrons. The van der Waals surface area contributed by atoms with E-state index < -0.39 is 0 Å². The fourth-order valence-electron chi connectivity index (χ4n) is 1.20. The number of nitrogen functional groups attached to an aromatic ring is 1. The minimum atomic E-state index is -0.0209. The minimum absolute atomic E-state index is 0.00352. The fourth-order valence-corrected chi connectivity index (χ4v) is 1.20. The van der Waals surface area contributed by atoms with Crippen molar-refractivity contribution in [2.75, 3.05) is 19.4 Å². The number of carbonyl (C=O) groups is 1. The summed E-state index contributed by atoms with van der Waals surface area (Å²) in [5, 5.41) is 11.8. The Hall–Kier alpha value is -1.91. The molecule has 0 fully saturated rings. The summed E-state index contributed by atoms with van der Waals surface area (Å²) >= 11 is 0. The molecule has 1 aromatic rings. The largest absolute Gasteiger partial charge is 0.506 e. The first kappa shape index (κ1) is 12.2. The highest BCUT2D eigenvalue weighted by Crippen LogP contribution is 2.29. The number of phenols is 1. The highest BCUT2D eigenvalue weighted by molar-refractivity contribution is 5.75. The van der Waals surface area contributed by atoms with Crippen LogP contribution < -0.4 is 15.8 Å². The molecule has 0 saturated carbocycles. The van der Waals surface area contributed by atoms with Crippen LogP contribution in [0, 0.1) is 0 Å². The number of rotatable bonds is 5. The molecule has 5 heteroatoms. The molecular weight excluding hydrogens is 208 g/mol. The molecule has 0 aliphatic rings. The number of ether oxygens (including phenoxy) is 1. The summed E-state index contributed by atoms with van der Waals surface area (Å²) in [6, 6.07) is 4.82. The Labute approximate surface area is 94.2 Å². The molecule has 1 rings (SSSR count). The van der Waals surface area contributed by atoms with E-state index in [9.17, 15) is 9.90 Å². The van der Waals surface area contributed by atoms with Crippen LogP contribution in [0.1, 0.15) is 12.8 Å². The monoisotopic (exact) mass is 224 g/mol. The van der Waals surface area contributed by atoms with Gasteiger partial charge in [0.1, 0.15) is 17.2 Å². The molecule has 1 amide bonds. The van der Waals surface area contributed by atoms with E-state index in [0.717, 1.165) is 0 Å². The molecule has 1 aromatic carbocycles. The van der Waals surface area contributed by atoms with Crippen LogP contribution in [0.3, 0.4) is 0 Å². The van der Waals surface area contributed by atoms with Crippen LogP contribution >= 0.6 is 0 Å². The van der Waals surface area contributed by atoms with Gasteiger partial charge < -0.3 is 20.9 Å². The molecule has 16 heavy (non-hydrogen) atoms. The van der Waals surface area contributed by atoms with E-state index in [4.69, 9.17) is 10.5 Å². The number of nitrogens with one attached hydrogen (secondary N) is 1. The van der Waals surface area contributed by atoms with E-state index in [1.165, 1.54) is 6.07 Å². The van der Waals surface area contributed by atoms with Crippen LogP contribution in [0.25, 0.3) is 0 Å². The van der Waals surface area contributed by atoms with E-state index in [1.54, 1.807) is 19.2 Å². The Morgan fingerprint density at radius 3 is 3.00 bits per heavy atom. The number of nitrogens with two attached hydrogens (primary N) is 1. The van der Waals surface area contributed by atoms with Crippen LogP contribution in [0.15, 0.2) is 18.2 Å². The van der Waals surface area contributed by atoms with Crippen molar-refractivity contribution >= 4 is 11.6 Å². The molecule has 0 heterocycles. The van der Waals surface area contributed by atoms with Crippen molar-refractivity contribution in [3.05, 3.63) is 18.2 Å². The first-order valence-electron chi connectivity index (χ1n) is 5.06. The lowest BCUT2D eigenvalue weighted by Gasteiger charge is -2.09. The van der Waals surface area contributed by atoms with Crippen molar-refractivity contribution in [2.45, 2.75) is 12.8 Å². The third-order valence-corrected chi connectivity index (χ3v) is 2.13. The maximum absolute atomic E-state index is 10.9. The number of para-hydroxylation sites is 1. The Balaban J connectivity index is 2.38. The van der Waals surface area contributed by atoms with Crippen molar-refractivity contribution in [3.63, 3.8) is 0 Å². The average molecular weight is 224 g/mol. The number of amides is 1. The van der Waals surface area contributed by atoms with Crippen LogP contribution in [0.4, 0.5) is 5.69 Å². The molecule has 0 radical (unpaired) electrons. The lowest BCUT2D eigenvalue weighted by Crippen LogP contribution is -2.18. The van der Waals surface area contributed by atoms with Crippen LogP contribution in [-0.4, -0.2) is 24.7 Å². The number of carbonyl (C=O) groups excluding carboxylic acids is 1. The number of phenolic OH excluding ortho intramolecular Hbond substituents is 1. The number of hydrogen-bond acceptors (Lipinski definition) is 4. The molecule has 0 spiro atoms. The van der Waals surface area contributed by atoms with Gasteiger partial charge in [-0.25, -0.2) is 0 Å². The maximum atomic E-state index is 10.9. The zero-order valence-corrected chi connectivity index (χ0v) is 9.19. The predicted molar refractivity (Wildman–Crippen MR) is 61.3 cm³/mol. The topological polar surface area (TPSA) is 84.6 Å². The molecule has 4 N–H and O–H groups in total. The number of hydrogen-bond donors (Lipinski definition) is 3. The van der Waals surface area contributed by atoms with Crippen LogP contribution in [0.5, 0.6) is 11.5 Å². The van der Waals surface area contributed by atoms with E-state index in [2.05, 4.69) is 5.32 Å². The first-order chi connectivity index (χ1) is 7.65. The van der Waals surface area contributed by atoms with Crippen molar-refractivity contribution in [1.29, 1.82) is 0 Å². The second-order valence-corrected chi connectivity index (χ2v) is 3.31. The van der Waals surface area contributed by atoms with Gasteiger partial charge in [0.2, 0.25) is 5.91 Å². The SMILES string of the molecule is CNC(=O)CCCOc1cccc(O)c1N. The van der Waals surface area contributed by atoms with E-state index in [-0.39, 0.29) is 17.3 Å². The zero-order valence-electron chi connectivity index (χ0n) is 9.19. The Bertz CT molecular complexity index is 366. The molecular formula is C11H16N2O3. The second-order valence-electron chi connectivity index (χ2n) is 3.31. The summed E-state index contributed by atoms with van der Waals surface area (Å²) in [5.41, 5.74) is 5.82. The Morgan fingerprint density at radius 1 is 1.56 bits per heavy atom. The number of benzene rings is 1. The van der Waals surface area contributed by atoms with Crippen LogP contribution in [0.2, 0.25) is 0 Å². The third-order valence-electron chi connectivity index (χ3n) is 2.13. The molecule has 0 saturated heterocycles. The minimum Gasteiger partial charge on any atom is -0.506 e. The van der Waals surface area contributed by atoms with E-state index in [0.29, 0.717) is 25.2 Å². The standard InChI is InChI=1S/C11H16N2O3/c1-13-10(15)6-3-7-16-9-5-2-4-8(14)11(9)12/h2,4-5,14H,3,6-7,12H2,1H3,(H,13,15). The normalized spacial score (nSPS) is 9.81. The van der Waals surface area contributed by atoms with Crippen molar-refractivity contribution in [3.8, 4) is 11.5 Å². The highest BCUT2D eigenvalue weighted by Gasteiger charge is 2.04. The molecule has 0 aliphatic heterocycles. The molecule has 0 unspecified atom stereocenters. The van der Waals surface area contributed by atoms with Gasteiger partial charge in [-0.1, -0.05) is 6.07 Å². The van der Waals surface area contributed by atoms with E-state index >= 15 is 0 Å². The van der Waals surface area contributed by atoms with Crippen molar-refractivity contribution in [2.24, 2.45) is 0 Å². The molecule has 0 atom stereocenters. The quantitative estimate of drug-likeness (QED) is 0.394. The third kappa shape index (κ3) is 3.34. The van der Waals surface area contributed by atoms with Gasteiger partial charge in [0, 0.05) is 13.5 Å². The average Bonchev–Trinajstić information content (AvgIpc) is 2.29. The van der Waals surface area contributed by atoms with Gasteiger partial charge in [0.15, 0.2) is 0 Å². The number of anilines is 1. The lowest BCUT2D eigenvalue weighted by molar-refractivity contribution is -0.120. The Kier molecular flexibility index (Phi) is 4.44. The molecule has 0 aliphatic carbocycles. The van der Waals surface area contributed by atoms with Gasteiger partial charge in [0.25, 0.3) is 0 Å². The summed E-state index contributed by atoms with van der Waals surface area (Å²) in [6.45, 7) is 0.390. The smallest absolute Gasteiger partial charge is 0.219 e. The molecule has 0 bridgehead atoms. The van der Waals surface area contributed by atoms with Gasteiger partial charge in [-0.2, -0.15) is 0 Å². The summed E-state index contributed by atoms with van der Waals surface area (Å²) < 4.78 is 5.35. The number of aromatic hydroxyl groups is 1. The van der Waals surface area contributed by atoms with Gasteiger partial charge in [0.05, 0.1) is 6.61 Å². The lowest BCUT2D eigenvalue weighted by atomic mass is 10.2. The molecule has 5 nitrogen and oxygen atoms in total. The fraction of sp³-hybridized carbons (Fsp3) is 0.364. The van der Waals surface area contributed by atoms with Crippen LogP contribution in [-0.2, 0) is 4.79 Å². The van der Waals surface area contributed by atoms with Gasteiger partial charge >= 0.3 is 0 Å². The van der Waals surface area contributed by atoms with Gasteiger partial charge in [-0.05, 0) is 18.6 Å². The summed E-state index contributed by atoms with van der Waals surface area (Å²) in [4.78, 5) is 10.9. The van der Waals surface area contributed by atoms with Gasteiger partial charge in [-0.3, -0.25) is 4.79 Å². The summed E-state index contributed by atoms with van der Waals surface area (Å²) in [5.74, 6) is 0.424. The molecule has 0 aromatic heterocycles. The summed E-state index contributed by atoms with van der Waals surface area (Å²) in [7, 11) is 1.59. The summed E-state index contributed by atoms with van der Waals surface area (Å²) in [6.07, 6.45) is 1.02. The second kappa shape index (κ2) is 5.85. The predicted octanol–water partition coefficient (Wildman–Crippen LogP) is 0.879. The zero-order chi connectivity index (χ0) is 12.0. The maximum Gasteiger partial charge on any atom is 0.219 e. The Morgan fingerprint density at radius 2 is 2.31 bits per heavy atom. The first-order valence-corrected chi connectivity index (χ1v) is 5.06. The van der Waals surface area contributed by atoms with Gasteiger partial charge in [-0.15, -0.1) is 0 Å².